The van der Waals surface area contributed by atoms with Crippen molar-refractivity contribution < 1.29 is 17.9 Å². The first-order chi connectivity index (χ1) is 12.4. The smallest absolute Gasteiger partial charge is 0.252 e. The second-order valence-electron chi connectivity index (χ2n) is 5.59. The van der Waals surface area contributed by atoms with Gasteiger partial charge in [0, 0.05) is 23.0 Å². The first kappa shape index (κ1) is 19.6. The molecule has 1 aromatic heterocycles. The molecule has 0 atom stereocenters. The molecule has 0 spiro atoms. The number of anilines is 1. The Hall–Kier alpha value is -1.16. The molecule has 1 amide bonds. The van der Waals surface area contributed by atoms with E-state index in [1.54, 1.807) is 24.3 Å². The summed E-state index contributed by atoms with van der Waals surface area (Å²) in [6, 6.07) is 7.96. The molecule has 1 aromatic carbocycles. The SMILES string of the molecule is O=C(Cc1ccc(S(=O)(=O)N2CCOCC2)s1)Nc1cc(Cl)ccc1Cl. The fourth-order valence-corrected chi connectivity index (χ4v) is 5.71. The molecule has 26 heavy (non-hydrogen) atoms. The van der Waals surface area contributed by atoms with Crippen LogP contribution >= 0.6 is 34.5 Å². The summed E-state index contributed by atoms with van der Waals surface area (Å²) in [5, 5.41) is 3.52. The molecule has 0 unspecified atom stereocenters. The summed E-state index contributed by atoms with van der Waals surface area (Å²) in [4.78, 5) is 12.9. The minimum atomic E-state index is -3.55. The van der Waals surface area contributed by atoms with Crippen LogP contribution in [0.2, 0.25) is 10.0 Å². The Morgan fingerprint density at radius 3 is 2.65 bits per heavy atom. The van der Waals surface area contributed by atoms with Crippen LogP contribution in [-0.4, -0.2) is 44.9 Å². The summed E-state index contributed by atoms with van der Waals surface area (Å²) in [6.45, 7) is 1.45. The maximum atomic E-state index is 12.6. The standard InChI is InChI=1S/C16H16Cl2N2O4S2/c17-11-1-3-13(18)14(9-11)19-15(21)10-12-2-4-16(25-12)26(22,23)20-5-7-24-8-6-20/h1-4,9H,5-8,10H2,(H,19,21). The molecule has 0 bridgehead atoms. The van der Waals surface area contributed by atoms with Crippen LogP contribution in [0.1, 0.15) is 4.88 Å². The minimum absolute atomic E-state index is 0.0478. The molecule has 10 heteroatoms. The van der Waals surface area contributed by atoms with Crippen molar-refractivity contribution in [3.05, 3.63) is 45.3 Å². The number of carbonyl (C=O) groups excluding carboxylic acids is 1. The molecule has 3 rings (SSSR count). The largest absolute Gasteiger partial charge is 0.379 e. The van der Waals surface area contributed by atoms with Crippen molar-refractivity contribution in [3.8, 4) is 0 Å². The number of nitrogens with one attached hydrogen (secondary N) is 1. The normalized spacial score (nSPS) is 15.8. The summed E-state index contributed by atoms with van der Waals surface area (Å²) in [5.41, 5.74) is 0.418. The van der Waals surface area contributed by atoms with Crippen LogP contribution in [0.15, 0.2) is 34.5 Å². The van der Waals surface area contributed by atoms with Gasteiger partial charge in [-0.05, 0) is 30.3 Å². The number of carbonyl (C=O) groups is 1. The fourth-order valence-electron chi connectivity index (χ4n) is 2.45. The Morgan fingerprint density at radius 2 is 1.92 bits per heavy atom. The molecule has 1 saturated heterocycles. The van der Waals surface area contributed by atoms with Gasteiger partial charge < -0.3 is 10.1 Å². The summed E-state index contributed by atoms with van der Waals surface area (Å²) >= 11 is 13.0. The first-order valence-corrected chi connectivity index (χ1v) is 10.8. The zero-order valence-electron chi connectivity index (χ0n) is 13.6. The summed E-state index contributed by atoms with van der Waals surface area (Å²) in [6.07, 6.45) is 0.0478. The molecule has 1 aliphatic rings. The van der Waals surface area contributed by atoms with Crippen LogP contribution in [0.4, 0.5) is 5.69 Å². The molecule has 2 heterocycles. The van der Waals surface area contributed by atoms with Crippen molar-refractivity contribution in [1.29, 1.82) is 0 Å². The van der Waals surface area contributed by atoms with Gasteiger partial charge >= 0.3 is 0 Å². The van der Waals surface area contributed by atoms with E-state index in [1.165, 1.54) is 10.4 Å². The van der Waals surface area contributed by atoms with Crippen molar-refractivity contribution in [2.24, 2.45) is 0 Å². The monoisotopic (exact) mass is 434 g/mol. The number of thiophene rings is 1. The minimum Gasteiger partial charge on any atom is -0.379 e. The number of benzene rings is 1. The fraction of sp³-hybridized carbons (Fsp3) is 0.312. The molecule has 0 aliphatic carbocycles. The molecular weight excluding hydrogens is 419 g/mol. The second-order valence-corrected chi connectivity index (χ2v) is 9.76. The lowest BCUT2D eigenvalue weighted by molar-refractivity contribution is -0.115. The zero-order chi connectivity index (χ0) is 18.7. The molecule has 0 saturated carbocycles. The van der Waals surface area contributed by atoms with Gasteiger partial charge in [0.2, 0.25) is 5.91 Å². The number of halogens is 2. The Labute approximate surface area is 165 Å². The topological polar surface area (TPSA) is 75.7 Å². The highest BCUT2D eigenvalue weighted by Gasteiger charge is 2.27. The predicted molar refractivity (Wildman–Crippen MR) is 103 cm³/mol. The van der Waals surface area contributed by atoms with Crippen LogP contribution in [0.3, 0.4) is 0 Å². The average Bonchev–Trinajstić information content (AvgIpc) is 3.08. The van der Waals surface area contributed by atoms with Crippen molar-refractivity contribution >= 4 is 56.2 Å². The Balaban J connectivity index is 1.68. The predicted octanol–water partition coefficient (Wildman–Crippen LogP) is 3.26. The van der Waals surface area contributed by atoms with Crippen molar-refractivity contribution in [1.82, 2.24) is 4.31 Å². The maximum absolute atomic E-state index is 12.6. The quantitative estimate of drug-likeness (QED) is 0.783. The van der Waals surface area contributed by atoms with Crippen LogP contribution in [0, 0.1) is 0 Å². The molecule has 2 aromatic rings. The third kappa shape index (κ3) is 4.57. The molecule has 140 valence electrons. The number of nitrogens with zero attached hydrogens (tertiary/aromatic N) is 1. The Kier molecular flexibility index (Phi) is 6.21. The van der Waals surface area contributed by atoms with E-state index in [2.05, 4.69) is 5.32 Å². The van der Waals surface area contributed by atoms with Gasteiger partial charge in [-0.1, -0.05) is 23.2 Å². The number of ether oxygens (including phenoxy) is 1. The molecular formula is C16H16Cl2N2O4S2. The van der Waals surface area contributed by atoms with Gasteiger partial charge in [0.25, 0.3) is 10.0 Å². The van der Waals surface area contributed by atoms with E-state index in [4.69, 9.17) is 27.9 Å². The maximum Gasteiger partial charge on any atom is 0.252 e. The summed E-state index contributed by atoms with van der Waals surface area (Å²) in [5.74, 6) is -0.300. The number of sulfonamides is 1. The number of amides is 1. The van der Waals surface area contributed by atoms with Gasteiger partial charge in [0.1, 0.15) is 4.21 Å². The van der Waals surface area contributed by atoms with Gasteiger partial charge in [-0.2, -0.15) is 4.31 Å². The number of morpholine rings is 1. The van der Waals surface area contributed by atoms with E-state index < -0.39 is 10.0 Å². The summed E-state index contributed by atoms with van der Waals surface area (Å²) in [7, 11) is -3.55. The van der Waals surface area contributed by atoms with Gasteiger partial charge in [-0.15, -0.1) is 11.3 Å². The van der Waals surface area contributed by atoms with E-state index in [0.29, 0.717) is 46.9 Å². The van der Waals surface area contributed by atoms with E-state index in [0.717, 1.165) is 11.3 Å². The van der Waals surface area contributed by atoms with E-state index in [1.807, 2.05) is 0 Å². The van der Waals surface area contributed by atoms with Crippen molar-refractivity contribution in [2.45, 2.75) is 10.6 Å². The zero-order valence-corrected chi connectivity index (χ0v) is 16.7. The van der Waals surface area contributed by atoms with Crippen LogP contribution in [0.25, 0.3) is 0 Å². The van der Waals surface area contributed by atoms with Gasteiger partial charge in [0.15, 0.2) is 0 Å². The number of hydrogen-bond donors (Lipinski definition) is 1. The number of hydrogen-bond acceptors (Lipinski definition) is 5. The third-order valence-electron chi connectivity index (χ3n) is 3.74. The first-order valence-electron chi connectivity index (χ1n) is 7.78. The Bertz CT molecular complexity index is 909. The van der Waals surface area contributed by atoms with Gasteiger partial charge in [0.05, 0.1) is 30.3 Å². The van der Waals surface area contributed by atoms with E-state index >= 15 is 0 Å². The molecule has 6 nitrogen and oxygen atoms in total. The molecule has 1 N–H and O–H groups in total. The van der Waals surface area contributed by atoms with Gasteiger partial charge in [-0.3, -0.25) is 4.79 Å². The second kappa shape index (κ2) is 8.24. The lowest BCUT2D eigenvalue weighted by Gasteiger charge is -2.25. The highest BCUT2D eigenvalue weighted by molar-refractivity contribution is 7.91. The van der Waals surface area contributed by atoms with Crippen molar-refractivity contribution in [3.63, 3.8) is 0 Å². The van der Waals surface area contributed by atoms with Crippen LogP contribution in [-0.2, 0) is 26.0 Å². The molecule has 1 aliphatic heterocycles. The molecule has 1 fully saturated rings. The van der Waals surface area contributed by atoms with E-state index in [9.17, 15) is 13.2 Å². The lowest BCUT2D eigenvalue weighted by atomic mass is 10.3. The third-order valence-corrected chi connectivity index (χ3v) is 7.75. The summed E-state index contributed by atoms with van der Waals surface area (Å²) < 4.78 is 32.0. The van der Waals surface area contributed by atoms with Crippen LogP contribution < -0.4 is 5.32 Å². The van der Waals surface area contributed by atoms with Gasteiger partial charge in [-0.25, -0.2) is 8.42 Å². The Morgan fingerprint density at radius 1 is 1.19 bits per heavy atom. The van der Waals surface area contributed by atoms with Crippen LogP contribution in [0.5, 0.6) is 0 Å². The van der Waals surface area contributed by atoms with Crippen molar-refractivity contribution in [2.75, 3.05) is 31.6 Å². The highest BCUT2D eigenvalue weighted by Crippen LogP contribution is 2.28. The highest BCUT2D eigenvalue weighted by atomic mass is 35.5. The average molecular weight is 435 g/mol. The lowest BCUT2D eigenvalue weighted by Crippen LogP contribution is -2.40. The molecule has 0 radical (unpaired) electrons. The number of rotatable bonds is 5. The van der Waals surface area contributed by atoms with E-state index in [-0.39, 0.29) is 16.5 Å².